The SMILES string of the molecule is CCC(CCOCCC(CC)OC)OC. The van der Waals surface area contributed by atoms with Gasteiger partial charge < -0.3 is 14.2 Å². The highest BCUT2D eigenvalue weighted by Crippen LogP contribution is 2.04. The lowest BCUT2D eigenvalue weighted by Crippen LogP contribution is -2.15. The Balaban J connectivity index is 3.30. The van der Waals surface area contributed by atoms with Crippen molar-refractivity contribution in [2.75, 3.05) is 27.4 Å². The van der Waals surface area contributed by atoms with Gasteiger partial charge in [0, 0.05) is 27.4 Å². The van der Waals surface area contributed by atoms with Crippen LogP contribution in [0.25, 0.3) is 0 Å². The number of ether oxygens (including phenoxy) is 3. The van der Waals surface area contributed by atoms with E-state index in [1.165, 1.54) is 0 Å². The molecule has 0 bridgehead atoms. The quantitative estimate of drug-likeness (QED) is 0.528. The van der Waals surface area contributed by atoms with E-state index in [1.54, 1.807) is 14.2 Å². The molecule has 0 rings (SSSR count). The van der Waals surface area contributed by atoms with Crippen molar-refractivity contribution in [3.8, 4) is 0 Å². The minimum absolute atomic E-state index is 0.342. The average Bonchev–Trinajstić information content (AvgIpc) is 2.29. The number of hydrogen-bond donors (Lipinski definition) is 0. The minimum Gasteiger partial charge on any atom is -0.381 e. The normalized spacial score (nSPS) is 15.2. The molecule has 0 heterocycles. The molecule has 3 nitrogen and oxygen atoms in total. The molecule has 2 unspecified atom stereocenters. The highest BCUT2D eigenvalue weighted by Gasteiger charge is 2.05. The van der Waals surface area contributed by atoms with Crippen molar-refractivity contribution >= 4 is 0 Å². The van der Waals surface area contributed by atoms with Gasteiger partial charge in [0.1, 0.15) is 0 Å². The topological polar surface area (TPSA) is 27.7 Å². The monoisotopic (exact) mass is 218 g/mol. The standard InChI is InChI=1S/C12H26O3/c1-5-11(13-3)7-9-15-10-8-12(6-2)14-4/h11-12H,5-10H2,1-4H3. The van der Waals surface area contributed by atoms with Gasteiger partial charge in [-0.2, -0.15) is 0 Å². The van der Waals surface area contributed by atoms with Crippen molar-refractivity contribution in [2.24, 2.45) is 0 Å². The van der Waals surface area contributed by atoms with E-state index in [0.717, 1.165) is 38.9 Å². The third kappa shape index (κ3) is 7.77. The van der Waals surface area contributed by atoms with E-state index in [-0.39, 0.29) is 0 Å². The minimum atomic E-state index is 0.342. The third-order valence-corrected chi connectivity index (χ3v) is 2.75. The summed E-state index contributed by atoms with van der Waals surface area (Å²) in [6.45, 7) is 5.83. The van der Waals surface area contributed by atoms with Crippen LogP contribution in [0.1, 0.15) is 39.5 Å². The van der Waals surface area contributed by atoms with Crippen LogP contribution in [0.15, 0.2) is 0 Å². The molecule has 0 radical (unpaired) electrons. The molecule has 0 saturated heterocycles. The smallest absolute Gasteiger partial charge is 0.0590 e. The van der Waals surface area contributed by atoms with E-state index < -0.39 is 0 Å². The highest BCUT2D eigenvalue weighted by atomic mass is 16.5. The van der Waals surface area contributed by atoms with E-state index in [4.69, 9.17) is 14.2 Å². The second kappa shape index (κ2) is 10.4. The van der Waals surface area contributed by atoms with Crippen LogP contribution in [-0.4, -0.2) is 39.6 Å². The molecular weight excluding hydrogens is 192 g/mol. The van der Waals surface area contributed by atoms with Crippen molar-refractivity contribution in [1.82, 2.24) is 0 Å². The molecule has 0 spiro atoms. The van der Waals surface area contributed by atoms with Crippen molar-refractivity contribution in [1.29, 1.82) is 0 Å². The summed E-state index contributed by atoms with van der Waals surface area (Å²) in [6, 6.07) is 0. The van der Waals surface area contributed by atoms with Gasteiger partial charge in [-0.15, -0.1) is 0 Å². The summed E-state index contributed by atoms with van der Waals surface area (Å²) in [4.78, 5) is 0. The van der Waals surface area contributed by atoms with E-state index >= 15 is 0 Å². The lowest BCUT2D eigenvalue weighted by Gasteiger charge is -2.15. The molecule has 92 valence electrons. The lowest BCUT2D eigenvalue weighted by atomic mass is 10.2. The Bertz CT molecular complexity index is 106. The van der Waals surface area contributed by atoms with Gasteiger partial charge >= 0.3 is 0 Å². The highest BCUT2D eigenvalue weighted by molar-refractivity contribution is 4.55. The van der Waals surface area contributed by atoms with Crippen molar-refractivity contribution in [3.05, 3.63) is 0 Å². The summed E-state index contributed by atoms with van der Waals surface area (Å²) in [7, 11) is 3.51. The fraction of sp³-hybridized carbons (Fsp3) is 1.00. The predicted molar refractivity (Wildman–Crippen MR) is 62.2 cm³/mol. The molecule has 0 aliphatic rings. The van der Waals surface area contributed by atoms with Gasteiger partial charge in [-0.3, -0.25) is 0 Å². The van der Waals surface area contributed by atoms with Gasteiger partial charge in [0.25, 0.3) is 0 Å². The van der Waals surface area contributed by atoms with Gasteiger partial charge in [0.05, 0.1) is 12.2 Å². The van der Waals surface area contributed by atoms with Gasteiger partial charge in [0.2, 0.25) is 0 Å². The Morgan fingerprint density at radius 1 is 0.800 bits per heavy atom. The summed E-state index contributed by atoms with van der Waals surface area (Å²) >= 11 is 0. The Kier molecular flexibility index (Phi) is 10.3. The number of rotatable bonds is 10. The van der Waals surface area contributed by atoms with Gasteiger partial charge in [0.15, 0.2) is 0 Å². The predicted octanol–water partition coefficient (Wildman–Crippen LogP) is 2.63. The third-order valence-electron chi connectivity index (χ3n) is 2.75. The molecule has 0 aliphatic carbocycles. The molecule has 2 atom stereocenters. The molecule has 0 amide bonds. The van der Waals surface area contributed by atoms with Crippen LogP contribution < -0.4 is 0 Å². The lowest BCUT2D eigenvalue weighted by molar-refractivity contribution is 0.0270. The van der Waals surface area contributed by atoms with Gasteiger partial charge in [-0.05, 0) is 25.7 Å². The second-order valence-corrected chi connectivity index (χ2v) is 3.72. The van der Waals surface area contributed by atoms with Crippen molar-refractivity contribution in [3.63, 3.8) is 0 Å². The Hall–Kier alpha value is -0.120. The zero-order valence-electron chi connectivity index (χ0n) is 10.6. The number of methoxy groups -OCH3 is 2. The van der Waals surface area contributed by atoms with Crippen LogP contribution in [0.3, 0.4) is 0 Å². The van der Waals surface area contributed by atoms with Crippen LogP contribution in [0.5, 0.6) is 0 Å². The largest absolute Gasteiger partial charge is 0.381 e. The van der Waals surface area contributed by atoms with E-state index in [0.29, 0.717) is 12.2 Å². The maximum Gasteiger partial charge on any atom is 0.0590 e. The van der Waals surface area contributed by atoms with Crippen LogP contribution in [0.2, 0.25) is 0 Å². The maximum atomic E-state index is 5.54. The summed E-state index contributed by atoms with van der Waals surface area (Å²) in [6.07, 6.45) is 4.75. The summed E-state index contributed by atoms with van der Waals surface area (Å²) in [5, 5.41) is 0. The molecule has 0 aromatic carbocycles. The van der Waals surface area contributed by atoms with Crippen LogP contribution >= 0.6 is 0 Å². The van der Waals surface area contributed by atoms with E-state index in [9.17, 15) is 0 Å². The first-order valence-electron chi connectivity index (χ1n) is 5.91. The molecule has 0 saturated carbocycles. The first-order chi connectivity index (χ1) is 7.28. The van der Waals surface area contributed by atoms with Gasteiger partial charge in [-0.25, -0.2) is 0 Å². The maximum absolute atomic E-state index is 5.54. The van der Waals surface area contributed by atoms with Crippen LogP contribution in [-0.2, 0) is 14.2 Å². The molecule has 15 heavy (non-hydrogen) atoms. The molecule has 0 N–H and O–H groups in total. The van der Waals surface area contributed by atoms with Gasteiger partial charge in [-0.1, -0.05) is 13.8 Å². The summed E-state index contributed by atoms with van der Waals surface area (Å²) in [5.74, 6) is 0. The van der Waals surface area contributed by atoms with Crippen LogP contribution in [0, 0.1) is 0 Å². The average molecular weight is 218 g/mol. The Morgan fingerprint density at radius 3 is 1.47 bits per heavy atom. The number of hydrogen-bond acceptors (Lipinski definition) is 3. The summed E-state index contributed by atoms with van der Waals surface area (Å²) in [5.41, 5.74) is 0. The summed E-state index contributed by atoms with van der Waals surface area (Å²) < 4.78 is 16.1. The molecule has 0 fully saturated rings. The van der Waals surface area contributed by atoms with Crippen molar-refractivity contribution in [2.45, 2.75) is 51.7 Å². The van der Waals surface area contributed by atoms with E-state index in [1.807, 2.05) is 0 Å². The molecular formula is C12H26O3. The first-order valence-corrected chi connectivity index (χ1v) is 5.91. The van der Waals surface area contributed by atoms with Crippen molar-refractivity contribution < 1.29 is 14.2 Å². The van der Waals surface area contributed by atoms with Crippen LogP contribution in [0.4, 0.5) is 0 Å². The zero-order valence-corrected chi connectivity index (χ0v) is 10.6. The second-order valence-electron chi connectivity index (χ2n) is 3.72. The fourth-order valence-corrected chi connectivity index (χ4v) is 1.51. The molecule has 3 heteroatoms. The Labute approximate surface area is 94.1 Å². The molecule has 0 aliphatic heterocycles. The fourth-order valence-electron chi connectivity index (χ4n) is 1.51. The molecule has 0 aromatic heterocycles. The first kappa shape index (κ1) is 14.9. The van der Waals surface area contributed by atoms with E-state index in [2.05, 4.69) is 13.8 Å². The zero-order chi connectivity index (χ0) is 11.5. The molecule has 0 aromatic rings. The Morgan fingerprint density at radius 2 is 1.20 bits per heavy atom.